The van der Waals surface area contributed by atoms with Crippen LogP contribution in [0.15, 0.2) is 35.1 Å². The number of hydrogen-bond acceptors (Lipinski definition) is 6. The number of thiazole rings is 1. The molecule has 0 aliphatic carbocycles. The second-order valence-corrected chi connectivity index (χ2v) is 7.13. The van der Waals surface area contributed by atoms with E-state index in [4.69, 9.17) is 16.6 Å². The molecule has 8 heteroatoms. The van der Waals surface area contributed by atoms with E-state index >= 15 is 0 Å². The molecule has 6 nitrogen and oxygen atoms in total. The van der Waals surface area contributed by atoms with Crippen molar-refractivity contribution in [2.24, 2.45) is 7.05 Å². The van der Waals surface area contributed by atoms with Gasteiger partial charge in [-0.25, -0.2) is 9.67 Å². The fourth-order valence-electron chi connectivity index (χ4n) is 2.82. The van der Waals surface area contributed by atoms with Crippen LogP contribution in [0.1, 0.15) is 0 Å². The van der Waals surface area contributed by atoms with Gasteiger partial charge in [0.25, 0.3) is 5.56 Å². The van der Waals surface area contributed by atoms with Gasteiger partial charge in [-0.1, -0.05) is 29.0 Å². The maximum atomic E-state index is 11.5. The molecule has 0 atom stereocenters. The van der Waals surface area contributed by atoms with Gasteiger partial charge in [-0.15, -0.1) is 0 Å². The topological polar surface area (TPSA) is 54.3 Å². The van der Waals surface area contributed by atoms with Gasteiger partial charge in [0.1, 0.15) is 11.3 Å². The largest absolute Gasteiger partial charge is 0.352 e. The minimum absolute atomic E-state index is 0.0938. The first-order chi connectivity index (χ1) is 11.6. The Labute approximate surface area is 147 Å². The second-order valence-electron chi connectivity index (χ2n) is 5.71. The summed E-state index contributed by atoms with van der Waals surface area (Å²) in [4.78, 5) is 20.6. The lowest BCUT2D eigenvalue weighted by atomic mass is 10.3. The van der Waals surface area contributed by atoms with Crippen molar-refractivity contribution < 1.29 is 0 Å². The van der Waals surface area contributed by atoms with Crippen molar-refractivity contribution in [3.63, 3.8) is 0 Å². The number of hydrogen-bond donors (Lipinski definition) is 0. The zero-order valence-corrected chi connectivity index (χ0v) is 14.7. The van der Waals surface area contributed by atoms with Crippen molar-refractivity contribution in [1.29, 1.82) is 0 Å². The SMILES string of the molecule is Cn1nc(N2CCN(c3nc4c(Cl)cccc4s3)CC2)ccc1=O. The highest BCUT2D eigenvalue weighted by atomic mass is 35.5. The summed E-state index contributed by atoms with van der Waals surface area (Å²) in [6, 6.07) is 9.22. The van der Waals surface area contributed by atoms with Crippen molar-refractivity contribution >= 4 is 44.1 Å². The van der Waals surface area contributed by atoms with Crippen LogP contribution in [0, 0.1) is 0 Å². The lowest BCUT2D eigenvalue weighted by Gasteiger charge is -2.35. The van der Waals surface area contributed by atoms with Gasteiger partial charge in [-0.3, -0.25) is 4.79 Å². The minimum Gasteiger partial charge on any atom is -0.352 e. The third kappa shape index (κ3) is 2.74. The Hall–Kier alpha value is -2.12. The number of fused-ring (bicyclic) bond motifs is 1. The third-order valence-corrected chi connectivity index (χ3v) is 5.57. The average Bonchev–Trinajstić information content (AvgIpc) is 3.03. The van der Waals surface area contributed by atoms with Crippen molar-refractivity contribution in [2.75, 3.05) is 36.0 Å². The second kappa shape index (κ2) is 6.07. The van der Waals surface area contributed by atoms with E-state index in [1.165, 1.54) is 4.68 Å². The molecule has 4 rings (SSSR count). The highest BCUT2D eigenvalue weighted by Gasteiger charge is 2.21. The summed E-state index contributed by atoms with van der Waals surface area (Å²) in [6.07, 6.45) is 0. The van der Waals surface area contributed by atoms with Gasteiger partial charge in [0.05, 0.1) is 9.72 Å². The number of rotatable bonds is 2. The molecule has 2 aromatic heterocycles. The van der Waals surface area contributed by atoms with E-state index in [1.54, 1.807) is 30.5 Å². The molecule has 0 unspecified atom stereocenters. The summed E-state index contributed by atoms with van der Waals surface area (Å²) in [5.41, 5.74) is 0.782. The summed E-state index contributed by atoms with van der Waals surface area (Å²) < 4.78 is 2.48. The molecule has 1 aliphatic rings. The van der Waals surface area contributed by atoms with Gasteiger partial charge >= 0.3 is 0 Å². The van der Waals surface area contributed by atoms with Crippen LogP contribution < -0.4 is 15.4 Å². The average molecular weight is 362 g/mol. The molecule has 24 heavy (non-hydrogen) atoms. The Bertz CT molecular complexity index is 945. The van der Waals surface area contributed by atoms with Gasteiger partial charge in [0.15, 0.2) is 5.13 Å². The van der Waals surface area contributed by atoms with Crippen molar-refractivity contribution in [3.8, 4) is 0 Å². The fraction of sp³-hybridized carbons (Fsp3) is 0.312. The molecule has 3 heterocycles. The third-order valence-electron chi connectivity index (χ3n) is 4.18. The number of para-hydroxylation sites is 1. The summed E-state index contributed by atoms with van der Waals surface area (Å²) in [5.74, 6) is 0.837. The first-order valence-corrected chi connectivity index (χ1v) is 8.90. The number of nitrogens with zero attached hydrogens (tertiary/aromatic N) is 5. The number of piperazine rings is 1. The van der Waals surface area contributed by atoms with E-state index in [0.29, 0.717) is 5.02 Å². The number of aromatic nitrogens is 3. The summed E-state index contributed by atoms with van der Waals surface area (Å²) in [5, 5.41) is 6.02. The van der Waals surface area contributed by atoms with E-state index < -0.39 is 0 Å². The Kier molecular flexibility index (Phi) is 3.90. The van der Waals surface area contributed by atoms with Crippen LogP contribution in [0.25, 0.3) is 10.2 Å². The molecule has 3 aromatic rings. The van der Waals surface area contributed by atoms with Gasteiger partial charge in [-0.05, 0) is 18.2 Å². The molecule has 1 aliphatic heterocycles. The molecule has 0 amide bonds. The molecule has 0 bridgehead atoms. The standard InChI is InChI=1S/C16H16ClN5OS/c1-20-14(23)6-5-13(19-20)21-7-9-22(10-8-21)16-18-15-11(17)3-2-4-12(15)24-16/h2-6H,7-10H2,1H3. The monoisotopic (exact) mass is 361 g/mol. The summed E-state index contributed by atoms with van der Waals surface area (Å²) in [6.45, 7) is 3.41. The van der Waals surface area contributed by atoms with Crippen LogP contribution in [-0.2, 0) is 7.05 Å². The summed E-state index contributed by atoms with van der Waals surface area (Å²) in [7, 11) is 1.67. The van der Waals surface area contributed by atoms with Crippen molar-refractivity contribution in [1.82, 2.24) is 14.8 Å². The van der Waals surface area contributed by atoms with Crippen LogP contribution in [-0.4, -0.2) is 40.9 Å². The van der Waals surface area contributed by atoms with Crippen LogP contribution in [0.2, 0.25) is 5.02 Å². The van der Waals surface area contributed by atoms with Gasteiger partial charge < -0.3 is 9.80 Å². The van der Waals surface area contributed by atoms with Crippen LogP contribution in [0.3, 0.4) is 0 Å². The van der Waals surface area contributed by atoms with E-state index in [2.05, 4.69) is 14.9 Å². The van der Waals surface area contributed by atoms with E-state index in [0.717, 1.165) is 47.3 Å². The van der Waals surface area contributed by atoms with Crippen molar-refractivity contribution in [2.45, 2.75) is 0 Å². The predicted molar refractivity (Wildman–Crippen MR) is 98.5 cm³/mol. The Morgan fingerprint density at radius 3 is 2.54 bits per heavy atom. The van der Waals surface area contributed by atoms with Crippen LogP contribution in [0.5, 0.6) is 0 Å². The predicted octanol–water partition coefficient (Wildman–Crippen LogP) is 2.37. The molecule has 1 aromatic carbocycles. The van der Waals surface area contributed by atoms with Gasteiger partial charge in [-0.2, -0.15) is 5.10 Å². The maximum Gasteiger partial charge on any atom is 0.266 e. The van der Waals surface area contributed by atoms with Crippen LogP contribution >= 0.6 is 22.9 Å². The molecule has 0 spiro atoms. The lowest BCUT2D eigenvalue weighted by molar-refractivity contribution is 0.623. The molecule has 1 fully saturated rings. The molecule has 1 saturated heterocycles. The van der Waals surface area contributed by atoms with E-state index in [1.807, 2.05) is 18.2 Å². The van der Waals surface area contributed by atoms with Crippen molar-refractivity contribution in [3.05, 3.63) is 45.7 Å². The number of benzene rings is 1. The summed E-state index contributed by atoms with van der Waals surface area (Å²) >= 11 is 7.89. The molecule has 0 radical (unpaired) electrons. The zero-order chi connectivity index (χ0) is 16.7. The number of halogens is 1. The smallest absolute Gasteiger partial charge is 0.266 e. The normalized spacial score (nSPS) is 15.2. The molecular formula is C16H16ClN5OS. The molecule has 124 valence electrons. The maximum absolute atomic E-state index is 11.5. The Morgan fingerprint density at radius 1 is 1.08 bits per heavy atom. The Morgan fingerprint density at radius 2 is 1.83 bits per heavy atom. The van der Waals surface area contributed by atoms with Gasteiger partial charge in [0, 0.05) is 39.3 Å². The molecule has 0 saturated carbocycles. The highest BCUT2D eigenvalue weighted by Crippen LogP contribution is 2.33. The first kappa shape index (κ1) is 15.4. The van der Waals surface area contributed by atoms with Crippen LogP contribution in [0.4, 0.5) is 10.9 Å². The quantitative estimate of drug-likeness (QED) is 0.701. The Balaban J connectivity index is 1.51. The number of anilines is 2. The minimum atomic E-state index is -0.0938. The van der Waals surface area contributed by atoms with E-state index in [-0.39, 0.29) is 5.56 Å². The number of aryl methyl sites for hydroxylation is 1. The zero-order valence-electron chi connectivity index (χ0n) is 13.1. The van der Waals surface area contributed by atoms with E-state index in [9.17, 15) is 4.79 Å². The lowest BCUT2D eigenvalue weighted by Crippen LogP contribution is -2.47. The van der Waals surface area contributed by atoms with Gasteiger partial charge in [0.2, 0.25) is 0 Å². The molecule has 0 N–H and O–H groups in total. The molecular weight excluding hydrogens is 346 g/mol. The fourth-order valence-corrected chi connectivity index (χ4v) is 4.14. The highest BCUT2D eigenvalue weighted by molar-refractivity contribution is 7.22. The first-order valence-electron chi connectivity index (χ1n) is 7.71.